The normalized spacial score (nSPS) is 10.4. The van der Waals surface area contributed by atoms with Crippen LogP contribution in [0, 0.1) is 0 Å². The largest absolute Gasteiger partial charge is 0.352 e. The number of nitrogens with one attached hydrogen (secondary N) is 2. The zero-order valence-corrected chi connectivity index (χ0v) is 11.3. The van der Waals surface area contributed by atoms with Gasteiger partial charge in [0.15, 0.2) is 0 Å². The van der Waals surface area contributed by atoms with Gasteiger partial charge in [0.05, 0.1) is 11.6 Å². The zero-order chi connectivity index (χ0) is 13.5. The van der Waals surface area contributed by atoms with Crippen LogP contribution >= 0.6 is 11.3 Å². The van der Waals surface area contributed by atoms with Crippen LogP contribution in [-0.4, -0.2) is 35.9 Å². The number of carbonyl (C=O) groups is 2. The molecule has 2 amide bonds. The summed E-state index contributed by atoms with van der Waals surface area (Å²) in [5, 5.41) is 7.70. The van der Waals surface area contributed by atoms with E-state index in [1.165, 1.54) is 11.3 Å². The van der Waals surface area contributed by atoms with Gasteiger partial charge in [0.2, 0.25) is 5.91 Å². The number of nitrogens with two attached hydrogens (primary N) is 1. The van der Waals surface area contributed by atoms with Crippen LogP contribution in [0.1, 0.15) is 29.3 Å². The fourth-order valence-corrected chi connectivity index (χ4v) is 2.07. The molecule has 18 heavy (non-hydrogen) atoms. The number of carbonyl (C=O) groups excluding carboxylic acids is 2. The van der Waals surface area contributed by atoms with E-state index in [1.807, 2.05) is 13.8 Å². The van der Waals surface area contributed by atoms with Crippen LogP contribution in [0.15, 0.2) is 5.38 Å². The Morgan fingerprint density at radius 1 is 1.50 bits per heavy atom. The lowest BCUT2D eigenvalue weighted by Gasteiger charge is -2.08. The molecule has 0 aliphatic heterocycles. The molecular weight excluding hydrogens is 252 g/mol. The van der Waals surface area contributed by atoms with E-state index in [2.05, 4.69) is 15.6 Å². The zero-order valence-electron chi connectivity index (χ0n) is 10.5. The minimum atomic E-state index is -0.339. The first-order valence-electron chi connectivity index (χ1n) is 5.75. The Morgan fingerprint density at radius 2 is 2.22 bits per heavy atom. The predicted molar refractivity (Wildman–Crippen MR) is 70.5 cm³/mol. The summed E-state index contributed by atoms with van der Waals surface area (Å²) in [7, 11) is 0. The maximum absolute atomic E-state index is 11.7. The molecule has 100 valence electrons. The smallest absolute Gasteiger partial charge is 0.271 e. The summed E-state index contributed by atoms with van der Waals surface area (Å²) in [6.45, 7) is 4.19. The molecule has 0 fully saturated rings. The number of nitrogens with zero attached hydrogens (tertiary/aromatic N) is 1. The van der Waals surface area contributed by atoms with Gasteiger partial charge in [-0.15, -0.1) is 11.3 Å². The Hall–Kier alpha value is -1.47. The topological polar surface area (TPSA) is 97.1 Å². The summed E-state index contributed by atoms with van der Waals surface area (Å²) in [5.74, 6) is -0.552. The number of hydrogen-bond donors (Lipinski definition) is 3. The second-order valence-electron chi connectivity index (χ2n) is 4.07. The van der Waals surface area contributed by atoms with Crippen molar-refractivity contribution in [3.63, 3.8) is 0 Å². The van der Waals surface area contributed by atoms with Crippen molar-refractivity contribution >= 4 is 23.2 Å². The van der Waals surface area contributed by atoms with Crippen molar-refractivity contribution in [1.29, 1.82) is 0 Å². The van der Waals surface area contributed by atoms with Gasteiger partial charge in [-0.1, -0.05) is 0 Å². The predicted octanol–water partition coefficient (Wildman–Crippen LogP) is -0.101. The molecule has 0 spiro atoms. The number of thiazole rings is 1. The number of amides is 2. The molecule has 1 heterocycles. The summed E-state index contributed by atoms with van der Waals surface area (Å²) in [4.78, 5) is 27.1. The summed E-state index contributed by atoms with van der Waals surface area (Å²) >= 11 is 1.39. The van der Waals surface area contributed by atoms with Crippen molar-refractivity contribution in [2.24, 2.45) is 5.73 Å². The molecule has 0 aliphatic carbocycles. The third-order valence-corrected chi connectivity index (χ3v) is 2.91. The average molecular weight is 270 g/mol. The average Bonchev–Trinajstić information content (AvgIpc) is 2.74. The molecule has 0 unspecified atom stereocenters. The molecule has 6 nitrogen and oxygen atoms in total. The number of aromatic nitrogens is 1. The van der Waals surface area contributed by atoms with Crippen LogP contribution in [0.25, 0.3) is 0 Å². The lowest BCUT2D eigenvalue weighted by atomic mass is 10.4. The van der Waals surface area contributed by atoms with Crippen LogP contribution in [0.2, 0.25) is 0 Å². The fraction of sp³-hybridized carbons (Fsp3) is 0.545. The second-order valence-corrected chi connectivity index (χ2v) is 5.01. The van der Waals surface area contributed by atoms with Crippen LogP contribution in [0.3, 0.4) is 0 Å². The Balaban J connectivity index is 2.42. The Kier molecular flexibility index (Phi) is 5.73. The molecule has 1 rings (SSSR count). The molecule has 0 radical (unpaired) electrons. The molecule has 4 N–H and O–H groups in total. The maximum atomic E-state index is 11.7. The van der Waals surface area contributed by atoms with E-state index in [4.69, 9.17) is 5.73 Å². The van der Waals surface area contributed by atoms with Crippen molar-refractivity contribution in [1.82, 2.24) is 15.6 Å². The van der Waals surface area contributed by atoms with Gasteiger partial charge >= 0.3 is 0 Å². The molecule has 0 aromatic carbocycles. The van der Waals surface area contributed by atoms with Gasteiger partial charge in [-0.2, -0.15) is 0 Å². The fourth-order valence-electron chi connectivity index (χ4n) is 1.28. The SMILES string of the molecule is CC(C)NC(=O)CNC(=O)c1csc(CCN)n1. The standard InChI is InChI=1S/C11H18N4O2S/c1-7(2)14-9(16)5-13-11(17)8-6-18-10(15-8)3-4-12/h6-7H,3-5,12H2,1-2H3,(H,13,17)(H,14,16). The molecule has 0 saturated heterocycles. The Bertz CT molecular complexity index is 417. The van der Waals surface area contributed by atoms with Gasteiger partial charge in [-0.3, -0.25) is 9.59 Å². The van der Waals surface area contributed by atoms with Crippen molar-refractivity contribution in [3.05, 3.63) is 16.1 Å². The van der Waals surface area contributed by atoms with E-state index >= 15 is 0 Å². The summed E-state index contributed by atoms with van der Waals surface area (Å²) in [6.07, 6.45) is 0.659. The molecule has 1 aromatic rings. The summed E-state index contributed by atoms with van der Waals surface area (Å²) in [6, 6.07) is 0.0600. The van der Waals surface area contributed by atoms with Crippen LogP contribution in [-0.2, 0) is 11.2 Å². The molecule has 1 aromatic heterocycles. The molecule has 7 heteroatoms. The van der Waals surface area contributed by atoms with Gasteiger partial charge in [-0.05, 0) is 20.4 Å². The Morgan fingerprint density at radius 3 is 2.83 bits per heavy atom. The van der Waals surface area contributed by atoms with E-state index in [-0.39, 0.29) is 24.4 Å². The third-order valence-electron chi connectivity index (χ3n) is 2.00. The highest BCUT2D eigenvalue weighted by molar-refractivity contribution is 7.09. The first-order chi connectivity index (χ1) is 8.52. The highest BCUT2D eigenvalue weighted by Gasteiger charge is 2.12. The third kappa shape index (κ3) is 4.80. The molecule has 0 atom stereocenters. The van der Waals surface area contributed by atoms with Gasteiger partial charge in [0.1, 0.15) is 5.69 Å². The Labute approximate surface area is 110 Å². The van der Waals surface area contributed by atoms with Gasteiger partial charge in [0, 0.05) is 17.8 Å². The van der Waals surface area contributed by atoms with Crippen molar-refractivity contribution in [2.45, 2.75) is 26.3 Å². The van der Waals surface area contributed by atoms with E-state index < -0.39 is 0 Å². The van der Waals surface area contributed by atoms with E-state index in [0.717, 1.165) is 5.01 Å². The second kappa shape index (κ2) is 7.07. The van der Waals surface area contributed by atoms with Crippen LogP contribution in [0.4, 0.5) is 0 Å². The monoisotopic (exact) mass is 270 g/mol. The highest BCUT2D eigenvalue weighted by atomic mass is 32.1. The maximum Gasteiger partial charge on any atom is 0.271 e. The van der Waals surface area contributed by atoms with Crippen molar-refractivity contribution < 1.29 is 9.59 Å². The first-order valence-corrected chi connectivity index (χ1v) is 6.63. The first kappa shape index (κ1) is 14.6. The summed E-state index contributed by atoms with van der Waals surface area (Å²) in [5.41, 5.74) is 5.74. The highest BCUT2D eigenvalue weighted by Crippen LogP contribution is 2.09. The lowest BCUT2D eigenvalue weighted by molar-refractivity contribution is -0.120. The van der Waals surface area contributed by atoms with Crippen LogP contribution < -0.4 is 16.4 Å². The van der Waals surface area contributed by atoms with Gasteiger partial charge in [-0.25, -0.2) is 4.98 Å². The quantitative estimate of drug-likeness (QED) is 0.672. The van der Waals surface area contributed by atoms with Crippen molar-refractivity contribution in [2.75, 3.05) is 13.1 Å². The van der Waals surface area contributed by atoms with Crippen LogP contribution in [0.5, 0.6) is 0 Å². The minimum Gasteiger partial charge on any atom is -0.352 e. The molecule has 0 bridgehead atoms. The minimum absolute atomic E-state index is 0.0409. The number of hydrogen-bond acceptors (Lipinski definition) is 5. The van der Waals surface area contributed by atoms with Gasteiger partial charge < -0.3 is 16.4 Å². The lowest BCUT2D eigenvalue weighted by Crippen LogP contribution is -2.39. The number of rotatable bonds is 6. The molecule has 0 aliphatic rings. The van der Waals surface area contributed by atoms with Gasteiger partial charge in [0.25, 0.3) is 5.91 Å². The van der Waals surface area contributed by atoms with E-state index in [9.17, 15) is 9.59 Å². The van der Waals surface area contributed by atoms with Crippen molar-refractivity contribution in [3.8, 4) is 0 Å². The molecule has 0 saturated carbocycles. The molecular formula is C11H18N4O2S. The summed E-state index contributed by atoms with van der Waals surface area (Å²) < 4.78 is 0. The van der Waals surface area contributed by atoms with E-state index in [1.54, 1.807) is 5.38 Å². The van der Waals surface area contributed by atoms with E-state index in [0.29, 0.717) is 18.7 Å².